The summed E-state index contributed by atoms with van der Waals surface area (Å²) in [5.74, 6) is -0.495. The third-order valence-electron chi connectivity index (χ3n) is 6.85. The average Bonchev–Trinajstić information content (AvgIpc) is 3.51. The van der Waals surface area contributed by atoms with E-state index < -0.39 is 17.6 Å². The van der Waals surface area contributed by atoms with Crippen LogP contribution in [0.5, 0.6) is 0 Å². The van der Waals surface area contributed by atoms with E-state index in [1.165, 1.54) is 30.4 Å². The second kappa shape index (κ2) is 13.3. The zero-order valence-corrected chi connectivity index (χ0v) is 24.0. The molecule has 0 aliphatic heterocycles. The third-order valence-corrected chi connectivity index (χ3v) is 6.85. The highest BCUT2D eigenvalue weighted by atomic mass is 19.4. The molecule has 0 aliphatic rings. The molecule has 0 saturated heterocycles. The van der Waals surface area contributed by atoms with Crippen LogP contribution in [-0.4, -0.2) is 17.6 Å². The summed E-state index contributed by atoms with van der Waals surface area (Å²) in [7, 11) is 0. The number of anilines is 2. The Kier molecular flexibility index (Phi) is 9.09. The van der Waals surface area contributed by atoms with E-state index >= 15 is 0 Å². The number of hydrogen-bond acceptors (Lipinski definition) is 4. The summed E-state index contributed by atoms with van der Waals surface area (Å²) < 4.78 is 44.2. The van der Waals surface area contributed by atoms with Crippen LogP contribution >= 0.6 is 0 Å². The van der Waals surface area contributed by atoms with Gasteiger partial charge in [-0.25, -0.2) is 0 Å². The summed E-state index contributed by atoms with van der Waals surface area (Å²) in [6, 6.07) is 28.5. The Morgan fingerprint density at radius 3 is 2.20 bits per heavy atom. The first-order chi connectivity index (χ1) is 21.5. The lowest BCUT2D eigenvalue weighted by atomic mass is 10.0. The minimum atomic E-state index is -4.44. The van der Waals surface area contributed by atoms with Crippen LogP contribution < -0.4 is 10.6 Å². The molecule has 0 atom stereocenters. The van der Waals surface area contributed by atoms with Gasteiger partial charge in [0.2, 0.25) is 11.8 Å². The molecule has 0 saturated carbocycles. The van der Waals surface area contributed by atoms with Crippen LogP contribution in [0.3, 0.4) is 0 Å². The zero-order valence-electron chi connectivity index (χ0n) is 24.0. The van der Waals surface area contributed by atoms with Crippen LogP contribution in [0, 0.1) is 6.92 Å². The molecule has 1 heterocycles. The second-order valence-electron chi connectivity index (χ2n) is 10.3. The number of furan rings is 1. The van der Waals surface area contributed by atoms with Crippen LogP contribution in [0.4, 0.5) is 24.5 Å². The van der Waals surface area contributed by atoms with E-state index in [0.717, 1.165) is 23.3 Å². The predicted molar refractivity (Wildman–Crippen MR) is 167 cm³/mol. The van der Waals surface area contributed by atoms with Crippen molar-refractivity contribution < 1.29 is 32.0 Å². The molecule has 0 spiro atoms. The third kappa shape index (κ3) is 8.03. The van der Waals surface area contributed by atoms with Crippen molar-refractivity contribution in [1.29, 1.82) is 0 Å². The fraction of sp³-hybridized carbons (Fsp3) is 0.0833. The Balaban J connectivity index is 1.30. The maximum atomic E-state index is 13.4. The highest BCUT2D eigenvalue weighted by Crippen LogP contribution is 2.31. The molecular formula is C36H27F3N2O4. The van der Waals surface area contributed by atoms with E-state index in [1.54, 1.807) is 54.6 Å². The van der Waals surface area contributed by atoms with Gasteiger partial charge in [-0.1, -0.05) is 72.3 Å². The van der Waals surface area contributed by atoms with Crippen molar-refractivity contribution in [1.82, 2.24) is 0 Å². The van der Waals surface area contributed by atoms with Gasteiger partial charge in [0.1, 0.15) is 11.5 Å². The summed E-state index contributed by atoms with van der Waals surface area (Å²) in [6.45, 7) is 1.96. The highest BCUT2D eigenvalue weighted by Gasteiger charge is 2.30. The van der Waals surface area contributed by atoms with Gasteiger partial charge in [0.05, 0.1) is 17.7 Å². The number of halogens is 3. The monoisotopic (exact) mass is 608 g/mol. The molecule has 2 amide bonds. The Bertz CT molecular complexity index is 1860. The molecule has 1 aromatic heterocycles. The van der Waals surface area contributed by atoms with Crippen LogP contribution in [0.2, 0.25) is 0 Å². The highest BCUT2D eigenvalue weighted by molar-refractivity contribution is 6.15. The lowest BCUT2D eigenvalue weighted by Gasteiger charge is -2.13. The number of alkyl halides is 3. The van der Waals surface area contributed by atoms with Crippen molar-refractivity contribution in [3.05, 3.63) is 149 Å². The Morgan fingerprint density at radius 1 is 0.800 bits per heavy atom. The first-order valence-corrected chi connectivity index (χ1v) is 13.9. The van der Waals surface area contributed by atoms with Gasteiger partial charge in [0.25, 0.3) is 0 Å². The summed E-state index contributed by atoms with van der Waals surface area (Å²) in [4.78, 5) is 39.0. The number of benzene rings is 4. The van der Waals surface area contributed by atoms with E-state index in [-0.39, 0.29) is 23.7 Å². The molecule has 6 nitrogen and oxygen atoms in total. The minimum Gasteiger partial charge on any atom is -0.457 e. The van der Waals surface area contributed by atoms with E-state index in [0.29, 0.717) is 34.0 Å². The van der Waals surface area contributed by atoms with Gasteiger partial charge in [0.15, 0.2) is 5.78 Å². The van der Waals surface area contributed by atoms with Gasteiger partial charge in [-0.05, 0) is 61.0 Å². The fourth-order valence-corrected chi connectivity index (χ4v) is 4.51. The summed E-state index contributed by atoms with van der Waals surface area (Å²) >= 11 is 0. The van der Waals surface area contributed by atoms with E-state index in [9.17, 15) is 27.6 Å². The summed E-state index contributed by atoms with van der Waals surface area (Å²) in [5, 5.41) is 5.53. The standard InChI is InChI=1S/C36H27F3N2O4/c1-23-7-9-24(10-8-23)21-34(43)41-31-18-15-28(22-30(31)35(44)26-5-3-2-4-6-26)40-33(42)20-17-29-16-19-32(45-29)25-11-13-27(14-12-25)36(37,38)39/h2-20,22H,21H2,1H3,(H,40,42)(H,41,43)/b20-17+. The quantitative estimate of drug-likeness (QED) is 0.130. The molecule has 0 aliphatic carbocycles. The Hall–Kier alpha value is -5.70. The Labute approximate surface area is 257 Å². The average molecular weight is 609 g/mol. The minimum absolute atomic E-state index is 0.121. The maximum Gasteiger partial charge on any atom is 0.416 e. The van der Waals surface area contributed by atoms with Gasteiger partial charge in [-0.15, -0.1) is 0 Å². The lowest BCUT2D eigenvalue weighted by Crippen LogP contribution is -2.18. The molecule has 5 rings (SSSR count). The number of hydrogen-bond donors (Lipinski definition) is 2. The van der Waals surface area contributed by atoms with Gasteiger partial charge in [-0.2, -0.15) is 13.2 Å². The first kappa shape index (κ1) is 30.7. The number of carbonyl (C=O) groups is 3. The van der Waals surface area contributed by atoms with Gasteiger partial charge in [0, 0.05) is 28.5 Å². The zero-order chi connectivity index (χ0) is 32.0. The smallest absolute Gasteiger partial charge is 0.416 e. The number of rotatable bonds is 9. The predicted octanol–water partition coefficient (Wildman–Crippen LogP) is 8.34. The van der Waals surface area contributed by atoms with Crippen molar-refractivity contribution in [3.8, 4) is 11.3 Å². The molecule has 45 heavy (non-hydrogen) atoms. The molecule has 0 radical (unpaired) electrons. The van der Waals surface area contributed by atoms with E-state index in [4.69, 9.17) is 4.42 Å². The number of amides is 2. The van der Waals surface area contributed by atoms with Crippen molar-refractivity contribution in [3.63, 3.8) is 0 Å². The van der Waals surface area contributed by atoms with Gasteiger partial charge >= 0.3 is 6.18 Å². The second-order valence-corrected chi connectivity index (χ2v) is 10.3. The van der Waals surface area contributed by atoms with E-state index in [2.05, 4.69) is 10.6 Å². The lowest BCUT2D eigenvalue weighted by molar-refractivity contribution is -0.137. The van der Waals surface area contributed by atoms with Crippen molar-refractivity contribution in [2.75, 3.05) is 10.6 Å². The van der Waals surface area contributed by atoms with Crippen molar-refractivity contribution in [2.24, 2.45) is 0 Å². The molecule has 226 valence electrons. The van der Waals surface area contributed by atoms with Crippen LogP contribution in [0.1, 0.15) is 38.4 Å². The van der Waals surface area contributed by atoms with Gasteiger partial charge in [-0.3, -0.25) is 14.4 Å². The normalized spacial score (nSPS) is 11.4. The number of nitrogens with one attached hydrogen (secondary N) is 2. The molecular weight excluding hydrogens is 581 g/mol. The molecule has 4 aromatic carbocycles. The van der Waals surface area contributed by atoms with Crippen molar-refractivity contribution >= 4 is 35.0 Å². The van der Waals surface area contributed by atoms with Crippen molar-refractivity contribution in [2.45, 2.75) is 19.5 Å². The van der Waals surface area contributed by atoms with Crippen LogP contribution in [0.15, 0.2) is 120 Å². The molecule has 9 heteroatoms. The molecule has 2 N–H and O–H groups in total. The SMILES string of the molecule is Cc1ccc(CC(=O)Nc2ccc(NC(=O)/C=C/c3ccc(-c4ccc(C(F)(F)F)cc4)o3)cc2C(=O)c2ccccc2)cc1. The maximum absolute atomic E-state index is 13.4. The Morgan fingerprint density at radius 2 is 1.51 bits per heavy atom. The molecule has 0 bridgehead atoms. The van der Waals surface area contributed by atoms with Crippen LogP contribution in [-0.2, 0) is 22.2 Å². The summed E-state index contributed by atoms with van der Waals surface area (Å²) in [6.07, 6.45) is -1.67. The van der Waals surface area contributed by atoms with E-state index in [1.807, 2.05) is 31.2 Å². The summed E-state index contributed by atoms with van der Waals surface area (Å²) in [5.41, 5.74) is 2.84. The molecule has 0 fully saturated rings. The topological polar surface area (TPSA) is 88.4 Å². The van der Waals surface area contributed by atoms with Gasteiger partial charge < -0.3 is 15.1 Å². The number of carbonyl (C=O) groups excluding carboxylic acids is 3. The number of ketones is 1. The van der Waals surface area contributed by atoms with Crippen LogP contribution in [0.25, 0.3) is 17.4 Å². The first-order valence-electron chi connectivity index (χ1n) is 13.9. The molecule has 0 unspecified atom stereocenters. The molecule has 5 aromatic rings. The largest absolute Gasteiger partial charge is 0.457 e. The number of aryl methyl sites for hydroxylation is 1. The fourth-order valence-electron chi connectivity index (χ4n) is 4.51.